The Balaban J connectivity index is 2.20. The van der Waals surface area contributed by atoms with Gasteiger partial charge in [0.15, 0.2) is 0 Å². The lowest BCUT2D eigenvalue weighted by Gasteiger charge is -1.99. The van der Waals surface area contributed by atoms with Crippen LogP contribution in [0.3, 0.4) is 0 Å². The summed E-state index contributed by atoms with van der Waals surface area (Å²) in [6, 6.07) is 10.1. The number of hydrogen-bond donors (Lipinski definition) is 2. The minimum absolute atomic E-state index is 0.125. The monoisotopic (exact) mass is 258 g/mol. The predicted octanol–water partition coefficient (Wildman–Crippen LogP) is 3.40. The van der Waals surface area contributed by atoms with Crippen LogP contribution < -0.4 is 0 Å². The summed E-state index contributed by atoms with van der Waals surface area (Å²) in [4.78, 5) is 10.7. The summed E-state index contributed by atoms with van der Waals surface area (Å²) in [6.45, 7) is 0. The summed E-state index contributed by atoms with van der Waals surface area (Å²) in [5.74, 6) is -1.63. The van der Waals surface area contributed by atoms with Gasteiger partial charge in [0.1, 0.15) is 11.6 Å². The standard InChI is InChI=1S/C15H11FO3/c16-14-9-13(17)8-7-11(14)4-1-10-2-5-12(6-3-10)15(18)19/h1-9,17H,(H,18,19). The van der Waals surface area contributed by atoms with Crippen LogP contribution in [0.2, 0.25) is 0 Å². The molecule has 0 bridgehead atoms. The molecule has 0 aliphatic carbocycles. The normalized spacial score (nSPS) is 10.8. The quantitative estimate of drug-likeness (QED) is 0.829. The van der Waals surface area contributed by atoms with Crippen molar-refractivity contribution in [2.24, 2.45) is 0 Å². The number of carboxylic acids is 1. The van der Waals surface area contributed by atoms with Gasteiger partial charge >= 0.3 is 5.97 Å². The Morgan fingerprint density at radius 2 is 1.74 bits per heavy atom. The van der Waals surface area contributed by atoms with Gasteiger partial charge in [0, 0.05) is 11.6 Å². The van der Waals surface area contributed by atoms with Crippen LogP contribution in [-0.4, -0.2) is 16.2 Å². The second-order valence-electron chi connectivity index (χ2n) is 3.97. The van der Waals surface area contributed by atoms with E-state index < -0.39 is 11.8 Å². The van der Waals surface area contributed by atoms with Crippen LogP contribution in [0.25, 0.3) is 12.2 Å². The highest BCUT2D eigenvalue weighted by molar-refractivity contribution is 5.88. The maximum Gasteiger partial charge on any atom is 0.335 e. The molecule has 0 saturated carbocycles. The van der Waals surface area contributed by atoms with Crippen molar-refractivity contribution in [3.05, 3.63) is 65.0 Å². The lowest BCUT2D eigenvalue weighted by atomic mass is 10.1. The van der Waals surface area contributed by atoms with Gasteiger partial charge in [-0.15, -0.1) is 0 Å². The van der Waals surface area contributed by atoms with E-state index in [1.54, 1.807) is 24.3 Å². The topological polar surface area (TPSA) is 57.5 Å². The molecule has 0 fully saturated rings. The first-order valence-electron chi connectivity index (χ1n) is 5.56. The summed E-state index contributed by atoms with van der Waals surface area (Å²) in [7, 11) is 0. The first-order chi connectivity index (χ1) is 9.06. The highest BCUT2D eigenvalue weighted by atomic mass is 19.1. The Morgan fingerprint density at radius 3 is 2.32 bits per heavy atom. The second-order valence-corrected chi connectivity index (χ2v) is 3.97. The van der Waals surface area contributed by atoms with E-state index in [0.29, 0.717) is 5.56 Å². The number of phenols is 1. The number of hydrogen-bond acceptors (Lipinski definition) is 2. The molecule has 0 amide bonds. The third kappa shape index (κ3) is 3.19. The Bertz CT molecular complexity index is 630. The van der Waals surface area contributed by atoms with Crippen LogP contribution in [0.15, 0.2) is 42.5 Å². The van der Waals surface area contributed by atoms with E-state index in [2.05, 4.69) is 0 Å². The summed E-state index contributed by atoms with van der Waals surface area (Å²) < 4.78 is 13.4. The molecule has 0 atom stereocenters. The Hall–Kier alpha value is -2.62. The average Bonchev–Trinajstić information content (AvgIpc) is 2.38. The molecule has 0 saturated heterocycles. The molecular formula is C15H11FO3. The first-order valence-corrected chi connectivity index (χ1v) is 5.56. The van der Waals surface area contributed by atoms with Gasteiger partial charge in [-0.3, -0.25) is 0 Å². The number of aromatic hydroxyl groups is 1. The summed E-state index contributed by atoms with van der Waals surface area (Å²) in [6.07, 6.45) is 3.23. The molecule has 0 radical (unpaired) electrons. The van der Waals surface area contributed by atoms with Crippen molar-refractivity contribution < 1.29 is 19.4 Å². The van der Waals surface area contributed by atoms with Crippen molar-refractivity contribution in [2.75, 3.05) is 0 Å². The zero-order valence-electron chi connectivity index (χ0n) is 9.88. The summed E-state index contributed by atoms with van der Waals surface area (Å²) in [5.41, 5.74) is 1.31. The Labute approximate surface area is 109 Å². The van der Waals surface area contributed by atoms with E-state index in [-0.39, 0.29) is 11.3 Å². The number of phenolic OH excluding ortho intramolecular Hbond substituents is 1. The SMILES string of the molecule is O=C(O)c1ccc(C=Cc2ccc(O)cc2F)cc1. The van der Waals surface area contributed by atoms with Gasteiger partial charge < -0.3 is 10.2 Å². The molecule has 2 rings (SSSR count). The van der Waals surface area contributed by atoms with Crippen molar-refractivity contribution in [1.82, 2.24) is 0 Å². The number of rotatable bonds is 3. The van der Waals surface area contributed by atoms with Crippen molar-refractivity contribution in [3.63, 3.8) is 0 Å². The van der Waals surface area contributed by atoms with E-state index in [4.69, 9.17) is 10.2 Å². The molecule has 0 aliphatic heterocycles. The molecule has 2 aromatic rings. The molecule has 0 aromatic heterocycles. The van der Waals surface area contributed by atoms with Crippen LogP contribution in [0.5, 0.6) is 5.75 Å². The fourth-order valence-corrected chi connectivity index (χ4v) is 1.57. The molecule has 3 nitrogen and oxygen atoms in total. The van der Waals surface area contributed by atoms with Crippen molar-refractivity contribution in [2.45, 2.75) is 0 Å². The maximum absolute atomic E-state index is 13.4. The molecule has 0 spiro atoms. The maximum atomic E-state index is 13.4. The van der Waals surface area contributed by atoms with E-state index in [0.717, 1.165) is 11.6 Å². The lowest BCUT2D eigenvalue weighted by Crippen LogP contribution is -1.94. The fourth-order valence-electron chi connectivity index (χ4n) is 1.57. The molecule has 19 heavy (non-hydrogen) atoms. The third-order valence-electron chi connectivity index (χ3n) is 2.60. The molecule has 4 heteroatoms. The average molecular weight is 258 g/mol. The third-order valence-corrected chi connectivity index (χ3v) is 2.60. The smallest absolute Gasteiger partial charge is 0.335 e. The predicted molar refractivity (Wildman–Crippen MR) is 70.4 cm³/mol. The van der Waals surface area contributed by atoms with E-state index in [9.17, 15) is 9.18 Å². The highest BCUT2D eigenvalue weighted by Crippen LogP contribution is 2.17. The zero-order chi connectivity index (χ0) is 13.8. The fraction of sp³-hybridized carbons (Fsp3) is 0. The van der Waals surface area contributed by atoms with Gasteiger partial charge in [0.25, 0.3) is 0 Å². The minimum atomic E-state index is -0.986. The van der Waals surface area contributed by atoms with Crippen molar-refractivity contribution in [3.8, 4) is 5.75 Å². The summed E-state index contributed by atoms with van der Waals surface area (Å²) in [5, 5.41) is 17.8. The van der Waals surface area contributed by atoms with E-state index in [1.165, 1.54) is 24.3 Å². The van der Waals surface area contributed by atoms with Gasteiger partial charge in [-0.1, -0.05) is 24.3 Å². The molecule has 96 valence electrons. The molecule has 0 heterocycles. The number of aromatic carboxylic acids is 1. The molecule has 0 unspecified atom stereocenters. The van der Waals surface area contributed by atoms with E-state index >= 15 is 0 Å². The molecule has 0 aliphatic rings. The van der Waals surface area contributed by atoms with Crippen LogP contribution in [0.1, 0.15) is 21.5 Å². The Morgan fingerprint density at radius 1 is 1.05 bits per heavy atom. The van der Waals surface area contributed by atoms with Crippen molar-refractivity contribution in [1.29, 1.82) is 0 Å². The second kappa shape index (κ2) is 5.35. The number of carbonyl (C=O) groups is 1. The van der Waals surface area contributed by atoms with Gasteiger partial charge in [-0.05, 0) is 29.8 Å². The first kappa shape index (κ1) is 12.8. The van der Waals surface area contributed by atoms with Gasteiger partial charge in [0.2, 0.25) is 0 Å². The van der Waals surface area contributed by atoms with Crippen LogP contribution in [-0.2, 0) is 0 Å². The van der Waals surface area contributed by atoms with Gasteiger partial charge in [-0.2, -0.15) is 0 Å². The minimum Gasteiger partial charge on any atom is -0.508 e. The summed E-state index contributed by atoms with van der Waals surface area (Å²) >= 11 is 0. The highest BCUT2D eigenvalue weighted by Gasteiger charge is 2.01. The number of benzene rings is 2. The molecular weight excluding hydrogens is 247 g/mol. The van der Waals surface area contributed by atoms with Gasteiger partial charge in [-0.25, -0.2) is 9.18 Å². The van der Waals surface area contributed by atoms with Crippen LogP contribution in [0, 0.1) is 5.82 Å². The Kier molecular flexibility index (Phi) is 3.61. The van der Waals surface area contributed by atoms with Gasteiger partial charge in [0.05, 0.1) is 5.56 Å². The van der Waals surface area contributed by atoms with E-state index in [1.807, 2.05) is 0 Å². The van der Waals surface area contributed by atoms with Crippen molar-refractivity contribution >= 4 is 18.1 Å². The zero-order valence-corrected chi connectivity index (χ0v) is 9.88. The largest absolute Gasteiger partial charge is 0.508 e. The number of halogens is 1. The molecule has 2 aromatic carbocycles. The molecule has 2 N–H and O–H groups in total. The van der Waals surface area contributed by atoms with Crippen LogP contribution >= 0.6 is 0 Å². The van der Waals surface area contributed by atoms with Crippen LogP contribution in [0.4, 0.5) is 4.39 Å². The lowest BCUT2D eigenvalue weighted by molar-refractivity contribution is 0.0697. The number of carboxylic acid groups (broad SMARTS) is 1.